The maximum atomic E-state index is 14.0. The third kappa shape index (κ3) is 3.69. The second kappa shape index (κ2) is 7.08. The molecule has 1 aliphatic heterocycles. The van der Waals surface area contributed by atoms with Crippen molar-refractivity contribution < 1.29 is 13.5 Å². The van der Waals surface area contributed by atoms with Crippen molar-refractivity contribution in [3.05, 3.63) is 48.1 Å². The number of aromatic nitrogens is 2. The Morgan fingerprint density at radius 2 is 2.04 bits per heavy atom. The summed E-state index contributed by atoms with van der Waals surface area (Å²) in [6.45, 7) is 3.09. The summed E-state index contributed by atoms with van der Waals surface area (Å²) in [5, 5.41) is 0. The number of benzene rings is 1. The molecule has 0 bridgehead atoms. The van der Waals surface area contributed by atoms with Crippen molar-refractivity contribution >= 4 is 0 Å². The molecule has 0 radical (unpaired) electrons. The molecule has 2 heterocycles. The van der Waals surface area contributed by atoms with Crippen LogP contribution < -0.4 is 4.74 Å². The Morgan fingerprint density at radius 1 is 1.26 bits per heavy atom. The largest absolute Gasteiger partial charge is 0.496 e. The number of piperidine rings is 1. The number of rotatable bonds is 5. The summed E-state index contributed by atoms with van der Waals surface area (Å²) in [5.74, 6) is -0.621. The first-order chi connectivity index (χ1) is 11.2. The van der Waals surface area contributed by atoms with E-state index in [1.807, 2.05) is 12.5 Å². The highest BCUT2D eigenvalue weighted by atomic mass is 19.2. The molecule has 1 aromatic carbocycles. The average molecular weight is 321 g/mol. The van der Waals surface area contributed by atoms with Crippen molar-refractivity contribution in [3.8, 4) is 5.75 Å². The van der Waals surface area contributed by atoms with Gasteiger partial charge in [-0.25, -0.2) is 13.8 Å². The van der Waals surface area contributed by atoms with Crippen LogP contribution in [0.4, 0.5) is 8.78 Å². The highest BCUT2D eigenvalue weighted by molar-refractivity contribution is 5.35. The number of likely N-dealkylation sites (tertiary alicyclic amines) is 1. The van der Waals surface area contributed by atoms with Crippen LogP contribution in [0.5, 0.6) is 5.75 Å². The first-order valence-corrected chi connectivity index (χ1v) is 7.86. The molecule has 0 N–H and O–H groups in total. The van der Waals surface area contributed by atoms with Gasteiger partial charge in [0, 0.05) is 31.0 Å². The van der Waals surface area contributed by atoms with E-state index in [1.165, 1.54) is 13.2 Å². The molecule has 124 valence electrons. The highest BCUT2D eigenvalue weighted by Crippen LogP contribution is 2.27. The highest BCUT2D eigenvalue weighted by Gasteiger charge is 2.23. The second-order valence-electron chi connectivity index (χ2n) is 6.02. The Labute approximate surface area is 134 Å². The summed E-state index contributed by atoms with van der Waals surface area (Å²) < 4.78 is 34.8. The van der Waals surface area contributed by atoms with Crippen molar-refractivity contribution in [3.63, 3.8) is 0 Å². The molecule has 0 saturated carbocycles. The first kappa shape index (κ1) is 15.9. The molecule has 0 amide bonds. The summed E-state index contributed by atoms with van der Waals surface area (Å²) >= 11 is 0. The third-order valence-corrected chi connectivity index (χ3v) is 4.49. The molecule has 1 saturated heterocycles. The fraction of sp³-hybridized carbons (Fsp3) is 0.471. The molecular formula is C17H21F2N3O. The molecule has 3 rings (SSSR count). The van der Waals surface area contributed by atoms with Gasteiger partial charge in [0.1, 0.15) is 5.75 Å². The summed E-state index contributed by atoms with van der Waals surface area (Å²) in [4.78, 5) is 6.21. The van der Waals surface area contributed by atoms with Gasteiger partial charge in [0.15, 0.2) is 11.6 Å². The van der Waals surface area contributed by atoms with E-state index in [-0.39, 0.29) is 0 Å². The molecule has 23 heavy (non-hydrogen) atoms. The molecule has 2 aromatic rings. The van der Waals surface area contributed by atoms with Gasteiger partial charge < -0.3 is 9.30 Å². The molecule has 1 aromatic heterocycles. The van der Waals surface area contributed by atoms with Gasteiger partial charge in [0.2, 0.25) is 0 Å². The number of ether oxygens (including phenoxy) is 1. The maximum absolute atomic E-state index is 14.0. The van der Waals surface area contributed by atoms with Crippen LogP contribution in [-0.2, 0) is 13.1 Å². The van der Waals surface area contributed by atoms with Crippen molar-refractivity contribution in [1.82, 2.24) is 14.5 Å². The molecule has 0 aliphatic carbocycles. The van der Waals surface area contributed by atoms with Crippen molar-refractivity contribution in [1.29, 1.82) is 0 Å². The summed E-state index contributed by atoms with van der Waals surface area (Å²) in [6.07, 6.45) is 7.67. The van der Waals surface area contributed by atoms with Crippen LogP contribution in [0.2, 0.25) is 0 Å². The second-order valence-corrected chi connectivity index (χ2v) is 6.02. The van der Waals surface area contributed by atoms with Gasteiger partial charge in [0.05, 0.1) is 13.4 Å². The molecule has 0 spiro atoms. The zero-order valence-electron chi connectivity index (χ0n) is 13.2. The van der Waals surface area contributed by atoms with E-state index in [0.29, 0.717) is 23.8 Å². The van der Waals surface area contributed by atoms with Gasteiger partial charge >= 0.3 is 0 Å². The molecule has 0 unspecified atom stereocenters. The van der Waals surface area contributed by atoms with Gasteiger partial charge in [-0.05, 0) is 44.0 Å². The minimum atomic E-state index is -0.823. The Morgan fingerprint density at radius 3 is 2.70 bits per heavy atom. The van der Waals surface area contributed by atoms with Crippen molar-refractivity contribution in [2.24, 2.45) is 5.92 Å². The van der Waals surface area contributed by atoms with Crippen LogP contribution in [0.15, 0.2) is 30.9 Å². The van der Waals surface area contributed by atoms with Crippen LogP contribution in [0.3, 0.4) is 0 Å². The van der Waals surface area contributed by atoms with E-state index in [1.54, 1.807) is 6.20 Å². The molecule has 1 fully saturated rings. The molecular weight excluding hydrogens is 300 g/mol. The van der Waals surface area contributed by atoms with E-state index < -0.39 is 11.6 Å². The number of hydrogen-bond acceptors (Lipinski definition) is 3. The van der Waals surface area contributed by atoms with E-state index in [4.69, 9.17) is 4.74 Å². The van der Waals surface area contributed by atoms with E-state index >= 15 is 0 Å². The Hall–Kier alpha value is -1.95. The zero-order valence-corrected chi connectivity index (χ0v) is 13.2. The number of hydrogen-bond donors (Lipinski definition) is 0. The number of imidazole rings is 1. The average Bonchev–Trinajstić information content (AvgIpc) is 3.07. The number of methoxy groups -OCH3 is 1. The summed E-state index contributed by atoms with van der Waals surface area (Å²) in [7, 11) is 1.48. The monoisotopic (exact) mass is 321 g/mol. The third-order valence-electron chi connectivity index (χ3n) is 4.49. The van der Waals surface area contributed by atoms with Crippen molar-refractivity contribution in [2.45, 2.75) is 25.9 Å². The lowest BCUT2D eigenvalue weighted by molar-refractivity contribution is 0.163. The normalized spacial score (nSPS) is 16.7. The van der Waals surface area contributed by atoms with E-state index in [2.05, 4.69) is 14.5 Å². The van der Waals surface area contributed by atoms with E-state index in [0.717, 1.165) is 38.5 Å². The quantitative estimate of drug-likeness (QED) is 0.848. The van der Waals surface area contributed by atoms with Gasteiger partial charge in [-0.3, -0.25) is 4.90 Å². The maximum Gasteiger partial charge on any atom is 0.167 e. The fourth-order valence-corrected chi connectivity index (χ4v) is 3.16. The van der Waals surface area contributed by atoms with Crippen LogP contribution in [0, 0.1) is 17.6 Å². The fourth-order valence-electron chi connectivity index (χ4n) is 3.16. The van der Waals surface area contributed by atoms with Crippen LogP contribution in [-0.4, -0.2) is 34.7 Å². The van der Waals surface area contributed by atoms with Gasteiger partial charge in [-0.2, -0.15) is 0 Å². The lowest BCUT2D eigenvalue weighted by atomic mass is 9.96. The van der Waals surface area contributed by atoms with Gasteiger partial charge in [-0.1, -0.05) is 0 Å². The SMILES string of the molecule is COc1ccc(F)c(F)c1CN1CCC(Cn2ccnc2)CC1. The molecule has 4 nitrogen and oxygen atoms in total. The standard InChI is InChI=1S/C17H21F2N3O/c1-23-16-3-2-15(18)17(19)14(16)11-21-7-4-13(5-8-21)10-22-9-6-20-12-22/h2-3,6,9,12-13H,4-5,7-8,10-11H2,1H3. The molecule has 1 aliphatic rings. The van der Waals surface area contributed by atoms with Crippen LogP contribution in [0.1, 0.15) is 18.4 Å². The Bertz CT molecular complexity index is 638. The van der Waals surface area contributed by atoms with Gasteiger partial charge in [0.25, 0.3) is 0 Å². The summed E-state index contributed by atoms with van der Waals surface area (Å²) in [6, 6.07) is 2.59. The minimum absolute atomic E-state index is 0.306. The first-order valence-electron chi connectivity index (χ1n) is 7.86. The predicted molar refractivity (Wildman–Crippen MR) is 83.1 cm³/mol. The lowest BCUT2D eigenvalue weighted by Crippen LogP contribution is -2.34. The van der Waals surface area contributed by atoms with Crippen LogP contribution in [0.25, 0.3) is 0 Å². The van der Waals surface area contributed by atoms with Crippen molar-refractivity contribution in [2.75, 3.05) is 20.2 Å². The van der Waals surface area contributed by atoms with Crippen LogP contribution >= 0.6 is 0 Å². The topological polar surface area (TPSA) is 30.3 Å². The van der Waals surface area contributed by atoms with E-state index in [9.17, 15) is 8.78 Å². The minimum Gasteiger partial charge on any atom is -0.496 e. The molecule has 6 heteroatoms. The lowest BCUT2D eigenvalue weighted by Gasteiger charge is -2.32. The Kier molecular flexibility index (Phi) is 4.91. The molecule has 0 atom stereocenters. The number of halogens is 2. The zero-order chi connectivity index (χ0) is 16.2. The number of nitrogens with zero attached hydrogens (tertiary/aromatic N) is 3. The summed E-state index contributed by atoms with van der Waals surface area (Å²) in [5.41, 5.74) is 0.306. The Balaban J connectivity index is 1.60. The van der Waals surface area contributed by atoms with Gasteiger partial charge in [-0.15, -0.1) is 0 Å². The smallest absolute Gasteiger partial charge is 0.167 e. The predicted octanol–water partition coefficient (Wildman–Crippen LogP) is 3.08.